The zero-order valence-corrected chi connectivity index (χ0v) is 8.82. The van der Waals surface area contributed by atoms with Crippen LogP contribution >= 0.6 is 0 Å². The molecule has 1 aromatic carbocycles. The monoisotopic (exact) mass is 203 g/mol. The third-order valence-electron chi connectivity index (χ3n) is 2.14. The highest BCUT2D eigenvalue weighted by Gasteiger charge is 2.15. The highest BCUT2D eigenvalue weighted by molar-refractivity contribution is 5.97. The molecule has 0 spiro atoms. The van der Waals surface area contributed by atoms with Crippen LogP contribution in [-0.4, -0.2) is 29.5 Å². The second kappa shape index (κ2) is 4.52. The smallest absolute Gasteiger partial charge is 0.258 e. The number of para-hydroxylation sites is 1. The summed E-state index contributed by atoms with van der Waals surface area (Å²) in [5, 5.41) is 9.69. The Morgan fingerprint density at radius 3 is 2.87 bits per heavy atom. The highest BCUT2D eigenvalue weighted by atomic mass is 16.3. The van der Waals surface area contributed by atoms with Gasteiger partial charge in [0.1, 0.15) is 5.75 Å². The fourth-order valence-corrected chi connectivity index (χ4v) is 1.25. The van der Waals surface area contributed by atoms with Crippen molar-refractivity contribution in [2.45, 2.75) is 6.92 Å². The summed E-state index contributed by atoms with van der Waals surface area (Å²) in [6.07, 6.45) is 5.11. The molecule has 1 aromatic rings. The molecule has 0 heterocycles. The van der Waals surface area contributed by atoms with Crippen molar-refractivity contribution < 1.29 is 9.90 Å². The van der Waals surface area contributed by atoms with E-state index in [-0.39, 0.29) is 23.8 Å². The highest BCUT2D eigenvalue weighted by Crippen LogP contribution is 2.22. The Hall–Kier alpha value is -1.95. The van der Waals surface area contributed by atoms with Crippen molar-refractivity contribution in [3.63, 3.8) is 0 Å². The van der Waals surface area contributed by atoms with E-state index in [0.717, 1.165) is 0 Å². The maximum Gasteiger partial charge on any atom is 0.258 e. The zero-order valence-electron chi connectivity index (χ0n) is 8.82. The van der Waals surface area contributed by atoms with Gasteiger partial charge in [-0.2, -0.15) is 0 Å². The molecule has 0 fully saturated rings. The van der Waals surface area contributed by atoms with Gasteiger partial charge in [-0.1, -0.05) is 18.1 Å². The number of aryl methyl sites for hydroxylation is 1. The maximum atomic E-state index is 11.8. The first kappa shape index (κ1) is 11.1. The Balaban J connectivity index is 3.02. The minimum atomic E-state index is -0.269. The number of terminal acetylenes is 1. The predicted octanol–water partition coefficient (Wildman–Crippen LogP) is 1.41. The molecule has 0 atom stereocenters. The average molecular weight is 203 g/mol. The number of nitrogens with zero attached hydrogens (tertiary/aromatic N) is 1. The van der Waals surface area contributed by atoms with Gasteiger partial charge < -0.3 is 10.0 Å². The van der Waals surface area contributed by atoms with Crippen molar-refractivity contribution in [1.82, 2.24) is 4.90 Å². The van der Waals surface area contributed by atoms with Crippen LogP contribution in [0.25, 0.3) is 0 Å². The van der Waals surface area contributed by atoms with Crippen LogP contribution in [0.3, 0.4) is 0 Å². The molecule has 1 amide bonds. The van der Waals surface area contributed by atoms with E-state index in [1.165, 1.54) is 4.90 Å². The summed E-state index contributed by atoms with van der Waals surface area (Å²) in [6.45, 7) is 1.97. The van der Waals surface area contributed by atoms with E-state index in [4.69, 9.17) is 6.42 Å². The number of phenolic OH excluding ortho intramolecular Hbond substituents is 1. The fraction of sp³-hybridized carbons (Fsp3) is 0.250. The fourth-order valence-electron chi connectivity index (χ4n) is 1.25. The summed E-state index contributed by atoms with van der Waals surface area (Å²) in [6, 6.07) is 5.05. The van der Waals surface area contributed by atoms with Crippen molar-refractivity contribution in [3.8, 4) is 18.1 Å². The van der Waals surface area contributed by atoms with Gasteiger partial charge in [-0.15, -0.1) is 6.42 Å². The van der Waals surface area contributed by atoms with Gasteiger partial charge in [0.05, 0.1) is 12.1 Å². The largest absolute Gasteiger partial charge is 0.507 e. The van der Waals surface area contributed by atoms with Crippen LogP contribution in [0.15, 0.2) is 18.2 Å². The summed E-state index contributed by atoms with van der Waals surface area (Å²) in [7, 11) is 1.60. The molecule has 0 saturated heterocycles. The van der Waals surface area contributed by atoms with Crippen LogP contribution in [0, 0.1) is 19.3 Å². The molecule has 0 unspecified atom stereocenters. The minimum absolute atomic E-state index is 0.0198. The van der Waals surface area contributed by atoms with Gasteiger partial charge in [0, 0.05) is 7.05 Å². The molecular weight excluding hydrogens is 190 g/mol. The van der Waals surface area contributed by atoms with Gasteiger partial charge >= 0.3 is 0 Å². The Labute approximate surface area is 89.3 Å². The standard InChI is InChI=1S/C12H13NO2/c1-4-8-13(3)12(15)10-7-5-6-9(2)11(10)14/h1,5-7,14H,8H2,2-3H3. The van der Waals surface area contributed by atoms with Crippen LogP contribution in [0.2, 0.25) is 0 Å². The van der Waals surface area contributed by atoms with Crippen molar-refractivity contribution in [1.29, 1.82) is 0 Å². The van der Waals surface area contributed by atoms with Crippen molar-refractivity contribution in [2.24, 2.45) is 0 Å². The van der Waals surface area contributed by atoms with Crippen molar-refractivity contribution in [2.75, 3.05) is 13.6 Å². The molecule has 0 aliphatic heterocycles. The number of carbonyl (C=O) groups is 1. The van der Waals surface area contributed by atoms with Gasteiger partial charge in [0.25, 0.3) is 5.91 Å². The van der Waals surface area contributed by atoms with E-state index in [2.05, 4.69) is 5.92 Å². The Kier molecular flexibility index (Phi) is 3.35. The molecule has 3 heteroatoms. The topological polar surface area (TPSA) is 40.5 Å². The number of benzene rings is 1. The lowest BCUT2D eigenvalue weighted by Gasteiger charge is -2.15. The Morgan fingerprint density at radius 1 is 1.60 bits per heavy atom. The summed E-state index contributed by atoms with van der Waals surface area (Å²) in [5.74, 6) is 2.13. The molecule has 78 valence electrons. The van der Waals surface area contributed by atoms with Crippen LogP contribution in [0.1, 0.15) is 15.9 Å². The number of aromatic hydroxyl groups is 1. The number of phenols is 1. The van der Waals surface area contributed by atoms with E-state index in [0.29, 0.717) is 5.56 Å². The first-order chi connectivity index (χ1) is 7.07. The number of hydrogen-bond donors (Lipinski definition) is 1. The number of rotatable bonds is 2. The molecular formula is C12H13NO2. The normalized spacial score (nSPS) is 9.40. The lowest BCUT2D eigenvalue weighted by molar-refractivity contribution is 0.0809. The first-order valence-corrected chi connectivity index (χ1v) is 4.55. The van der Waals surface area contributed by atoms with Gasteiger partial charge in [0.15, 0.2) is 0 Å². The molecule has 0 bridgehead atoms. The second-order valence-corrected chi connectivity index (χ2v) is 3.34. The molecule has 0 radical (unpaired) electrons. The lowest BCUT2D eigenvalue weighted by atomic mass is 10.1. The molecule has 3 nitrogen and oxygen atoms in total. The van der Waals surface area contributed by atoms with Gasteiger partial charge in [-0.25, -0.2) is 0 Å². The van der Waals surface area contributed by atoms with Crippen molar-refractivity contribution in [3.05, 3.63) is 29.3 Å². The van der Waals surface area contributed by atoms with E-state index in [9.17, 15) is 9.90 Å². The van der Waals surface area contributed by atoms with Crippen LogP contribution in [0.4, 0.5) is 0 Å². The molecule has 15 heavy (non-hydrogen) atoms. The van der Waals surface area contributed by atoms with Crippen LogP contribution in [-0.2, 0) is 0 Å². The lowest BCUT2D eigenvalue weighted by Crippen LogP contribution is -2.27. The van der Waals surface area contributed by atoms with E-state index in [1.807, 2.05) is 0 Å². The third kappa shape index (κ3) is 2.29. The Morgan fingerprint density at radius 2 is 2.27 bits per heavy atom. The summed E-state index contributed by atoms with van der Waals surface area (Å²) in [5.41, 5.74) is 0.961. The Bertz CT molecular complexity index is 418. The van der Waals surface area contributed by atoms with E-state index < -0.39 is 0 Å². The molecule has 0 aliphatic carbocycles. The molecule has 1 N–H and O–H groups in total. The molecule has 1 rings (SSSR count). The number of amides is 1. The van der Waals surface area contributed by atoms with E-state index >= 15 is 0 Å². The SMILES string of the molecule is C#CCN(C)C(=O)c1cccc(C)c1O. The molecule has 0 aliphatic rings. The second-order valence-electron chi connectivity index (χ2n) is 3.34. The maximum absolute atomic E-state index is 11.8. The van der Waals surface area contributed by atoms with Crippen LogP contribution in [0.5, 0.6) is 5.75 Å². The number of carbonyl (C=O) groups excluding carboxylic acids is 1. The molecule has 0 aromatic heterocycles. The van der Waals surface area contributed by atoms with Crippen LogP contribution < -0.4 is 0 Å². The van der Waals surface area contributed by atoms with E-state index in [1.54, 1.807) is 32.2 Å². The molecule has 0 saturated carbocycles. The van der Waals surface area contributed by atoms with Gasteiger partial charge in [-0.05, 0) is 18.6 Å². The summed E-state index contributed by atoms with van der Waals surface area (Å²) >= 11 is 0. The van der Waals surface area contributed by atoms with Gasteiger partial charge in [0.2, 0.25) is 0 Å². The van der Waals surface area contributed by atoms with Gasteiger partial charge in [-0.3, -0.25) is 4.79 Å². The summed E-state index contributed by atoms with van der Waals surface area (Å²) in [4.78, 5) is 13.2. The minimum Gasteiger partial charge on any atom is -0.507 e. The third-order valence-corrected chi connectivity index (χ3v) is 2.14. The predicted molar refractivity (Wildman–Crippen MR) is 58.6 cm³/mol. The first-order valence-electron chi connectivity index (χ1n) is 4.55. The van der Waals surface area contributed by atoms with Crippen molar-refractivity contribution >= 4 is 5.91 Å². The average Bonchev–Trinajstić information content (AvgIpc) is 2.21. The summed E-state index contributed by atoms with van der Waals surface area (Å²) < 4.78 is 0. The zero-order chi connectivity index (χ0) is 11.4. The quantitative estimate of drug-likeness (QED) is 0.738. The number of hydrogen-bond acceptors (Lipinski definition) is 2.